The highest BCUT2D eigenvalue weighted by molar-refractivity contribution is 6.09. The van der Waals surface area contributed by atoms with Crippen LogP contribution in [0.2, 0.25) is 0 Å². The molecule has 0 spiro atoms. The molecule has 0 bridgehead atoms. The van der Waals surface area contributed by atoms with E-state index in [1.54, 1.807) is 19.1 Å². The molecule has 0 aromatic heterocycles. The van der Waals surface area contributed by atoms with E-state index in [0.717, 1.165) is 26.3 Å². The van der Waals surface area contributed by atoms with Gasteiger partial charge in [-0.25, -0.2) is 4.74 Å². The molecular formula is C24H23NO3. The van der Waals surface area contributed by atoms with Crippen LogP contribution >= 0.6 is 0 Å². The van der Waals surface area contributed by atoms with E-state index in [4.69, 9.17) is 0 Å². The van der Waals surface area contributed by atoms with E-state index in [1.165, 1.54) is 6.21 Å². The SMILES string of the molecule is C/C=[N+](\[O-])CC.Oc1ccc2ccccc2c1-c1c(O)ccc2ccccc12. The average Bonchev–Trinajstić information content (AvgIpc) is 2.74. The molecule has 0 heterocycles. The summed E-state index contributed by atoms with van der Waals surface area (Å²) in [5.41, 5.74) is 1.35. The lowest BCUT2D eigenvalue weighted by molar-refractivity contribution is -0.448. The summed E-state index contributed by atoms with van der Waals surface area (Å²) in [5, 5.41) is 34.8. The van der Waals surface area contributed by atoms with Crippen molar-refractivity contribution in [2.24, 2.45) is 0 Å². The monoisotopic (exact) mass is 373 g/mol. The standard InChI is InChI=1S/C20H14O2.C4H9NO/c21-17-11-9-13-5-1-3-7-15(13)19(17)20-16-8-4-2-6-14(16)10-12-18(20)22;1-3-5(6)4-2/h1-12,21-22H;3H,4H2,1-2H3/b;5-3-. The van der Waals surface area contributed by atoms with Crippen molar-refractivity contribution in [2.45, 2.75) is 13.8 Å². The Labute approximate surface area is 164 Å². The van der Waals surface area contributed by atoms with Gasteiger partial charge in [-0.05, 0) is 40.6 Å². The Morgan fingerprint density at radius 3 is 1.54 bits per heavy atom. The molecule has 4 rings (SSSR count). The van der Waals surface area contributed by atoms with Crippen LogP contribution in [-0.4, -0.2) is 27.7 Å². The summed E-state index contributed by atoms with van der Waals surface area (Å²) in [4.78, 5) is 0. The van der Waals surface area contributed by atoms with Crippen molar-refractivity contribution < 1.29 is 15.0 Å². The van der Waals surface area contributed by atoms with Gasteiger partial charge in [0.15, 0.2) is 0 Å². The number of hydroxylamine groups is 1. The summed E-state index contributed by atoms with van der Waals surface area (Å²) in [6.07, 6.45) is 1.50. The minimum absolute atomic E-state index is 0.172. The van der Waals surface area contributed by atoms with Gasteiger partial charge in [0.2, 0.25) is 0 Å². The van der Waals surface area contributed by atoms with Crippen molar-refractivity contribution in [1.29, 1.82) is 0 Å². The number of aromatic hydroxyl groups is 2. The minimum Gasteiger partial charge on any atom is -0.624 e. The Balaban J connectivity index is 0.000000330. The van der Waals surface area contributed by atoms with Gasteiger partial charge in [-0.1, -0.05) is 60.7 Å². The Hall–Kier alpha value is -3.53. The van der Waals surface area contributed by atoms with Crippen molar-refractivity contribution in [3.05, 3.63) is 78.0 Å². The number of hydrogen-bond acceptors (Lipinski definition) is 3. The van der Waals surface area contributed by atoms with Gasteiger partial charge in [-0.3, -0.25) is 0 Å². The smallest absolute Gasteiger partial charge is 0.150 e. The Morgan fingerprint density at radius 2 is 1.18 bits per heavy atom. The molecule has 0 fully saturated rings. The van der Waals surface area contributed by atoms with E-state index in [9.17, 15) is 15.4 Å². The minimum atomic E-state index is 0.172. The molecule has 28 heavy (non-hydrogen) atoms. The van der Waals surface area contributed by atoms with Gasteiger partial charge in [-0.2, -0.15) is 0 Å². The van der Waals surface area contributed by atoms with E-state index in [-0.39, 0.29) is 11.5 Å². The number of nitrogens with zero attached hydrogens (tertiary/aromatic N) is 1. The Bertz CT molecular complexity index is 1070. The van der Waals surface area contributed by atoms with Crippen LogP contribution in [0.1, 0.15) is 13.8 Å². The Morgan fingerprint density at radius 1 is 0.750 bits per heavy atom. The van der Waals surface area contributed by atoms with Crippen LogP contribution in [0, 0.1) is 5.21 Å². The van der Waals surface area contributed by atoms with Crippen molar-refractivity contribution >= 4 is 27.8 Å². The van der Waals surface area contributed by atoms with Gasteiger partial charge in [0, 0.05) is 18.1 Å². The molecule has 4 nitrogen and oxygen atoms in total. The number of benzene rings is 4. The first kappa shape index (κ1) is 19.2. The normalized spacial score (nSPS) is 11.3. The zero-order valence-electron chi connectivity index (χ0n) is 16.0. The number of fused-ring (bicyclic) bond motifs is 2. The van der Waals surface area contributed by atoms with E-state index in [1.807, 2.05) is 67.6 Å². The van der Waals surface area contributed by atoms with Crippen LogP contribution in [-0.2, 0) is 0 Å². The summed E-state index contributed by atoms with van der Waals surface area (Å²) in [7, 11) is 0. The predicted molar refractivity (Wildman–Crippen MR) is 116 cm³/mol. The summed E-state index contributed by atoms with van der Waals surface area (Å²) in [6.45, 7) is 4.08. The summed E-state index contributed by atoms with van der Waals surface area (Å²) < 4.78 is 0.875. The van der Waals surface area contributed by atoms with Crippen LogP contribution in [0.4, 0.5) is 0 Å². The molecule has 0 aliphatic rings. The van der Waals surface area contributed by atoms with Crippen molar-refractivity contribution in [1.82, 2.24) is 0 Å². The maximum Gasteiger partial charge on any atom is 0.150 e. The Kier molecular flexibility index (Phi) is 5.80. The highest BCUT2D eigenvalue weighted by atomic mass is 16.5. The maximum absolute atomic E-state index is 10.4. The molecular weight excluding hydrogens is 350 g/mol. The molecule has 0 aliphatic heterocycles. The maximum atomic E-state index is 10.4. The first-order valence-electron chi connectivity index (χ1n) is 9.21. The van der Waals surface area contributed by atoms with Crippen LogP contribution < -0.4 is 0 Å². The summed E-state index contributed by atoms with van der Waals surface area (Å²) >= 11 is 0. The zero-order chi connectivity index (χ0) is 20.1. The number of hydrogen-bond donors (Lipinski definition) is 2. The lowest BCUT2D eigenvalue weighted by Gasteiger charge is -2.14. The highest BCUT2D eigenvalue weighted by Gasteiger charge is 2.16. The first-order valence-corrected chi connectivity index (χ1v) is 9.21. The molecule has 4 heteroatoms. The summed E-state index contributed by atoms with van der Waals surface area (Å²) in [5.74, 6) is 0.343. The van der Waals surface area contributed by atoms with Crippen molar-refractivity contribution in [3.8, 4) is 22.6 Å². The lowest BCUT2D eigenvalue weighted by Crippen LogP contribution is -1.99. The van der Waals surface area contributed by atoms with E-state index in [0.29, 0.717) is 17.7 Å². The van der Waals surface area contributed by atoms with Crippen LogP contribution in [0.25, 0.3) is 32.7 Å². The molecule has 0 radical (unpaired) electrons. The molecule has 0 aliphatic carbocycles. The van der Waals surface area contributed by atoms with Gasteiger partial charge < -0.3 is 15.4 Å². The fourth-order valence-corrected chi connectivity index (χ4v) is 3.23. The molecule has 0 saturated carbocycles. The van der Waals surface area contributed by atoms with Crippen LogP contribution in [0.15, 0.2) is 72.8 Å². The fourth-order valence-electron chi connectivity index (χ4n) is 3.23. The number of rotatable bonds is 2. The van der Waals surface area contributed by atoms with E-state index >= 15 is 0 Å². The first-order chi connectivity index (χ1) is 13.6. The van der Waals surface area contributed by atoms with Gasteiger partial charge in [0.25, 0.3) is 0 Å². The molecule has 0 atom stereocenters. The molecule has 0 saturated heterocycles. The van der Waals surface area contributed by atoms with Gasteiger partial charge in [-0.15, -0.1) is 0 Å². The topological polar surface area (TPSA) is 66.5 Å². The summed E-state index contributed by atoms with van der Waals surface area (Å²) in [6, 6.07) is 22.9. The van der Waals surface area contributed by atoms with Gasteiger partial charge >= 0.3 is 0 Å². The van der Waals surface area contributed by atoms with Crippen LogP contribution in [0.5, 0.6) is 11.5 Å². The zero-order valence-corrected chi connectivity index (χ0v) is 16.0. The van der Waals surface area contributed by atoms with Crippen molar-refractivity contribution in [3.63, 3.8) is 0 Å². The third-order valence-electron chi connectivity index (χ3n) is 4.66. The molecule has 2 N–H and O–H groups in total. The van der Waals surface area contributed by atoms with Crippen molar-refractivity contribution in [2.75, 3.05) is 6.54 Å². The second-order valence-corrected chi connectivity index (χ2v) is 6.35. The second-order valence-electron chi connectivity index (χ2n) is 6.35. The lowest BCUT2D eigenvalue weighted by atomic mass is 9.92. The van der Waals surface area contributed by atoms with E-state index in [2.05, 4.69) is 0 Å². The molecule has 4 aromatic rings. The predicted octanol–water partition coefficient (Wildman–Crippen LogP) is 5.68. The van der Waals surface area contributed by atoms with Gasteiger partial charge in [0.05, 0.1) is 0 Å². The molecule has 0 amide bonds. The molecule has 142 valence electrons. The van der Waals surface area contributed by atoms with Crippen LogP contribution in [0.3, 0.4) is 0 Å². The third-order valence-corrected chi connectivity index (χ3v) is 4.66. The van der Waals surface area contributed by atoms with E-state index < -0.39 is 0 Å². The molecule has 4 aromatic carbocycles. The largest absolute Gasteiger partial charge is 0.624 e. The average molecular weight is 373 g/mol. The third kappa shape index (κ3) is 3.76. The number of phenolic OH excluding ortho intramolecular Hbond substituents is 2. The number of phenols is 2. The highest BCUT2D eigenvalue weighted by Crippen LogP contribution is 2.44. The quantitative estimate of drug-likeness (QED) is 0.206. The fraction of sp³-hybridized carbons (Fsp3) is 0.125. The second kappa shape index (κ2) is 8.44. The molecule has 0 unspecified atom stereocenters. The van der Waals surface area contributed by atoms with Gasteiger partial charge in [0.1, 0.15) is 24.3 Å².